The Hall–Kier alpha value is -1.30. The van der Waals surface area contributed by atoms with Gasteiger partial charge in [-0.05, 0) is 27.7 Å². The molecular weight excluding hydrogens is 264 g/mol. The maximum Gasteiger partial charge on any atom is -0.0470 e. The maximum absolute atomic E-state index is 3.36. The Morgan fingerprint density at radius 1 is 0.409 bits per heavy atom. The molecule has 0 aliphatic heterocycles. The summed E-state index contributed by atoms with van der Waals surface area (Å²) in [6, 6.07) is 0. The molecule has 0 saturated heterocycles. The van der Waals surface area contributed by atoms with Gasteiger partial charge in [0.15, 0.2) is 0 Å². The molecule has 0 aromatic heterocycles. The van der Waals surface area contributed by atoms with Gasteiger partial charge in [0.05, 0.1) is 0 Å². The van der Waals surface area contributed by atoms with Crippen LogP contribution in [-0.2, 0) is 0 Å². The highest BCUT2D eigenvalue weighted by atomic mass is 13.4. The Kier molecular flexibility index (Phi) is 706. The summed E-state index contributed by atoms with van der Waals surface area (Å²) in [6.45, 7) is 37.2. The third kappa shape index (κ3) is 12000. The minimum atomic E-state index is 1.64. The van der Waals surface area contributed by atoms with Crippen LogP contribution in [0, 0.1) is 0 Å². The molecule has 0 bridgehead atoms. The molecule has 0 saturated carbocycles. The van der Waals surface area contributed by atoms with Gasteiger partial charge in [0.25, 0.3) is 0 Å². The number of rotatable bonds is 1. The number of hydrogen-bond donors (Lipinski definition) is 0. The van der Waals surface area contributed by atoms with E-state index in [1.807, 2.05) is 95.2 Å². The molecular formula is C22H50. The topological polar surface area (TPSA) is 0 Å². The molecule has 0 heterocycles. The van der Waals surface area contributed by atoms with Crippen LogP contribution >= 0.6 is 0 Å². The van der Waals surface area contributed by atoms with Crippen molar-refractivity contribution >= 4 is 0 Å². The molecule has 0 aromatic rings. The van der Waals surface area contributed by atoms with Gasteiger partial charge in [0.1, 0.15) is 0 Å². The van der Waals surface area contributed by atoms with Crippen LogP contribution in [0.2, 0.25) is 0 Å². The van der Waals surface area contributed by atoms with Crippen molar-refractivity contribution in [1.29, 1.82) is 0 Å². The molecule has 0 aromatic carbocycles. The van der Waals surface area contributed by atoms with Crippen molar-refractivity contribution in [2.24, 2.45) is 0 Å². The Balaban J connectivity index is -0.0000000174. The summed E-state index contributed by atoms with van der Waals surface area (Å²) in [6.07, 6.45) is 10.8. The van der Waals surface area contributed by atoms with Crippen LogP contribution in [0.1, 0.15) is 83.1 Å². The van der Waals surface area contributed by atoms with Crippen LogP contribution < -0.4 is 0 Å². The van der Waals surface area contributed by atoms with E-state index in [2.05, 4.69) is 26.3 Å². The summed E-state index contributed by atoms with van der Waals surface area (Å²) >= 11 is 0. The molecule has 0 amide bonds. The van der Waals surface area contributed by atoms with Gasteiger partial charge in [-0.25, -0.2) is 0 Å². The lowest BCUT2D eigenvalue weighted by atomic mass is 10.6. The molecule has 0 radical (unpaired) electrons. The van der Waals surface area contributed by atoms with E-state index in [0.717, 1.165) is 0 Å². The second-order valence-corrected chi connectivity index (χ2v) is 1.95. The van der Waals surface area contributed by atoms with E-state index >= 15 is 0 Å². The summed E-state index contributed by atoms with van der Waals surface area (Å²) in [7, 11) is 0. The molecule has 0 aliphatic carbocycles. The highest BCUT2D eigenvalue weighted by molar-refractivity contribution is 4.88. The van der Waals surface area contributed by atoms with Gasteiger partial charge in [-0.3, -0.25) is 0 Å². The average Bonchev–Trinajstić information content (AvgIpc) is 2.63. The monoisotopic (exact) mass is 314 g/mol. The van der Waals surface area contributed by atoms with Gasteiger partial charge >= 0.3 is 0 Å². The SMILES string of the molecule is C/C=C\C.C=CC.C=CC.C=CC=C.CC.CC.CC.CC. The third-order valence-electron chi connectivity index (χ3n) is 0.500. The lowest BCUT2D eigenvalue weighted by molar-refractivity contribution is 1.50. The first-order valence-corrected chi connectivity index (χ1v) is 8.61. The minimum Gasteiger partial charge on any atom is -0.103 e. The molecule has 0 spiro atoms. The van der Waals surface area contributed by atoms with E-state index in [1.165, 1.54) is 0 Å². The first-order valence-electron chi connectivity index (χ1n) is 8.61. The Labute approximate surface area is 146 Å². The van der Waals surface area contributed by atoms with Crippen LogP contribution in [0.15, 0.2) is 62.8 Å². The molecule has 0 unspecified atom stereocenters. The molecule has 0 nitrogen and oxygen atoms in total. The fraction of sp³-hybridized carbons (Fsp3) is 0.545. The van der Waals surface area contributed by atoms with Gasteiger partial charge in [0.2, 0.25) is 0 Å². The van der Waals surface area contributed by atoms with Crippen molar-refractivity contribution in [3.05, 3.63) is 62.8 Å². The van der Waals surface area contributed by atoms with E-state index in [1.54, 1.807) is 24.3 Å². The normalized spacial score (nSPS) is 4.91. The zero-order valence-corrected chi connectivity index (χ0v) is 18.3. The predicted octanol–water partition coefficient (Wildman–Crippen LogP) is 9.43. The van der Waals surface area contributed by atoms with Crippen molar-refractivity contribution < 1.29 is 0 Å². The van der Waals surface area contributed by atoms with Crippen molar-refractivity contribution in [1.82, 2.24) is 0 Å². The maximum atomic E-state index is 3.36. The van der Waals surface area contributed by atoms with E-state index in [-0.39, 0.29) is 0 Å². The van der Waals surface area contributed by atoms with Gasteiger partial charge in [-0.1, -0.05) is 105 Å². The van der Waals surface area contributed by atoms with Crippen LogP contribution in [0.5, 0.6) is 0 Å². The van der Waals surface area contributed by atoms with Crippen molar-refractivity contribution in [2.75, 3.05) is 0 Å². The molecule has 0 N–H and O–H groups in total. The van der Waals surface area contributed by atoms with Gasteiger partial charge in [-0.15, -0.1) is 13.2 Å². The van der Waals surface area contributed by atoms with Crippen molar-refractivity contribution in [2.45, 2.75) is 83.1 Å². The first kappa shape index (κ1) is 49.8. The summed E-state index contributed by atoms with van der Waals surface area (Å²) in [5.41, 5.74) is 0. The summed E-state index contributed by atoms with van der Waals surface area (Å²) in [4.78, 5) is 0. The second-order valence-electron chi connectivity index (χ2n) is 1.95. The quantitative estimate of drug-likeness (QED) is 0.334. The number of hydrogen-bond acceptors (Lipinski definition) is 0. The molecule has 138 valence electrons. The molecule has 0 rings (SSSR count). The lowest BCUT2D eigenvalue weighted by Crippen LogP contribution is -1.26. The Bertz CT molecular complexity index is 111. The van der Waals surface area contributed by atoms with E-state index in [9.17, 15) is 0 Å². The highest BCUT2D eigenvalue weighted by Gasteiger charge is 1.34. The van der Waals surface area contributed by atoms with E-state index in [0.29, 0.717) is 0 Å². The molecule has 0 heteroatoms. The first-order chi connectivity index (χ1) is 10.7. The van der Waals surface area contributed by atoms with Crippen LogP contribution in [0.3, 0.4) is 0 Å². The average molecular weight is 315 g/mol. The molecule has 0 atom stereocenters. The minimum absolute atomic E-state index is 1.64. The van der Waals surface area contributed by atoms with Gasteiger partial charge < -0.3 is 0 Å². The summed E-state index contributed by atoms with van der Waals surface area (Å²) in [5, 5.41) is 0. The molecule has 0 fully saturated rings. The standard InChI is InChI=1S/C4H8.C4H6.2C3H6.4C2H6/c2*1-3-4-2;2*1-3-2;4*1-2/h3-4H,1-2H3;3-4H,1-2H2;2*3H,1H2,2H3;4*1-2H3/b4-3-;;;;;;;. The Morgan fingerprint density at radius 2 is 0.500 bits per heavy atom. The number of allylic oxidation sites excluding steroid dienone is 6. The Morgan fingerprint density at radius 3 is 0.500 bits per heavy atom. The smallest absolute Gasteiger partial charge is 0.0470 e. The molecule has 22 heavy (non-hydrogen) atoms. The third-order valence-corrected chi connectivity index (χ3v) is 0.500. The predicted molar refractivity (Wildman–Crippen MR) is 118 cm³/mol. The summed E-state index contributed by atoms with van der Waals surface area (Å²) in [5.74, 6) is 0. The van der Waals surface area contributed by atoms with Crippen LogP contribution in [0.4, 0.5) is 0 Å². The van der Waals surface area contributed by atoms with Gasteiger partial charge in [0, 0.05) is 0 Å². The van der Waals surface area contributed by atoms with E-state index < -0.39 is 0 Å². The molecule has 0 aliphatic rings. The summed E-state index contributed by atoms with van der Waals surface area (Å²) < 4.78 is 0. The van der Waals surface area contributed by atoms with Crippen LogP contribution in [0.25, 0.3) is 0 Å². The zero-order chi connectivity index (χ0) is 20.2. The second kappa shape index (κ2) is 312. The largest absolute Gasteiger partial charge is 0.103 e. The zero-order valence-electron chi connectivity index (χ0n) is 18.3. The van der Waals surface area contributed by atoms with E-state index in [4.69, 9.17) is 0 Å². The van der Waals surface area contributed by atoms with Gasteiger partial charge in [-0.2, -0.15) is 0 Å². The highest BCUT2D eigenvalue weighted by Crippen LogP contribution is 1.57. The van der Waals surface area contributed by atoms with Crippen molar-refractivity contribution in [3.63, 3.8) is 0 Å². The van der Waals surface area contributed by atoms with Crippen LogP contribution in [-0.4, -0.2) is 0 Å². The fourth-order valence-electron chi connectivity index (χ4n) is 0. The lowest BCUT2D eigenvalue weighted by Gasteiger charge is -1.49. The fourth-order valence-corrected chi connectivity index (χ4v) is 0. The van der Waals surface area contributed by atoms with Crippen molar-refractivity contribution in [3.8, 4) is 0 Å².